The van der Waals surface area contributed by atoms with Crippen LogP contribution in [-0.4, -0.2) is 49.3 Å². The molecule has 0 atom stereocenters. The zero-order chi connectivity index (χ0) is 21.0. The van der Waals surface area contributed by atoms with Gasteiger partial charge in [0, 0.05) is 44.0 Å². The summed E-state index contributed by atoms with van der Waals surface area (Å²) in [5.74, 6) is 0. The summed E-state index contributed by atoms with van der Waals surface area (Å²) in [5, 5.41) is 9.08. The number of aliphatic imine (C=N–C) groups is 1. The van der Waals surface area contributed by atoms with Gasteiger partial charge in [-0.3, -0.25) is 14.7 Å². The number of nitrogens with zero attached hydrogens (tertiary/aromatic N) is 4. The van der Waals surface area contributed by atoms with Gasteiger partial charge in [-0.05, 0) is 50.9 Å². The number of benzene rings is 1. The minimum absolute atomic E-state index is 0.154. The smallest absolute Gasteiger partial charge is 0.267 e. The van der Waals surface area contributed by atoms with E-state index in [-0.39, 0.29) is 10.6 Å². The molecule has 150 valence electrons. The Morgan fingerprint density at radius 3 is 2.55 bits per heavy atom. The predicted molar refractivity (Wildman–Crippen MR) is 119 cm³/mol. The van der Waals surface area contributed by atoms with Crippen molar-refractivity contribution in [3.8, 4) is 6.07 Å². The summed E-state index contributed by atoms with van der Waals surface area (Å²) in [4.78, 5) is 23.5. The number of anilines is 1. The molecule has 1 N–H and O–H groups in total. The maximum atomic E-state index is 12.0. The lowest BCUT2D eigenvalue weighted by Crippen LogP contribution is -2.46. The van der Waals surface area contributed by atoms with E-state index in [0.29, 0.717) is 22.5 Å². The summed E-state index contributed by atoms with van der Waals surface area (Å²) in [7, 11) is 0. The highest BCUT2D eigenvalue weighted by Gasteiger charge is 2.18. The second-order valence-corrected chi connectivity index (χ2v) is 7.60. The second-order valence-electron chi connectivity index (χ2n) is 7.23. The lowest BCUT2D eigenvalue weighted by molar-refractivity contribution is 0.279. The highest BCUT2D eigenvalue weighted by atomic mass is 35.5. The summed E-state index contributed by atoms with van der Waals surface area (Å²) >= 11 is 6.03. The van der Waals surface area contributed by atoms with E-state index in [0.717, 1.165) is 44.0 Å². The van der Waals surface area contributed by atoms with E-state index < -0.39 is 0 Å². The molecule has 0 aliphatic carbocycles. The van der Waals surface area contributed by atoms with E-state index >= 15 is 0 Å². The molecule has 6 nitrogen and oxygen atoms in total. The number of hydrogen-bond donors (Lipinski definition) is 1. The van der Waals surface area contributed by atoms with Crippen LogP contribution in [-0.2, 0) is 0 Å². The Morgan fingerprint density at radius 2 is 1.97 bits per heavy atom. The number of rotatable bonds is 5. The van der Waals surface area contributed by atoms with Crippen LogP contribution < -0.4 is 10.5 Å². The van der Waals surface area contributed by atoms with Crippen molar-refractivity contribution in [3.63, 3.8) is 0 Å². The van der Waals surface area contributed by atoms with Crippen LogP contribution in [0.1, 0.15) is 23.7 Å². The third-order valence-corrected chi connectivity index (χ3v) is 5.60. The van der Waals surface area contributed by atoms with Crippen LogP contribution >= 0.6 is 11.6 Å². The van der Waals surface area contributed by atoms with E-state index in [2.05, 4.69) is 32.6 Å². The van der Waals surface area contributed by atoms with Gasteiger partial charge in [0.15, 0.2) is 0 Å². The fourth-order valence-corrected chi connectivity index (χ4v) is 3.71. The number of piperazine rings is 1. The molecule has 0 radical (unpaired) electrons. The topological polar surface area (TPSA) is 75.5 Å². The molecule has 1 saturated heterocycles. The average molecular weight is 410 g/mol. The van der Waals surface area contributed by atoms with Crippen molar-refractivity contribution in [2.24, 2.45) is 4.99 Å². The molecule has 0 unspecified atom stereocenters. The summed E-state index contributed by atoms with van der Waals surface area (Å²) in [6.45, 7) is 12.0. The van der Waals surface area contributed by atoms with Gasteiger partial charge in [0.1, 0.15) is 5.02 Å². The molecule has 0 amide bonds. The van der Waals surface area contributed by atoms with Gasteiger partial charge in [-0.2, -0.15) is 5.26 Å². The summed E-state index contributed by atoms with van der Waals surface area (Å²) < 4.78 is 0. The summed E-state index contributed by atoms with van der Waals surface area (Å²) in [6, 6.07) is 9.87. The lowest BCUT2D eigenvalue weighted by atomic mass is 10.1. The first-order chi connectivity index (χ1) is 13.9. The minimum Gasteiger partial charge on any atom is -0.369 e. The third-order valence-electron chi connectivity index (χ3n) is 5.14. The number of nitrogens with one attached hydrogen (secondary N) is 1. The molecule has 1 fully saturated rings. The number of hydrogen-bond acceptors (Lipinski definition) is 5. The van der Waals surface area contributed by atoms with Crippen molar-refractivity contribution in [1.82, 2.24) is 9.88 Å². The van der Waals surface area contributed by atoms with Gasteiger partial charge in [-0.25, -0.2) is 0 Å². The van der Waals surface area contributed by atoms with Gasteiger partial charge in [-0.1, -0.05) is 17.2 Å². The number of pyridine rings is 1. The first kappa shape index (κ1) is 20.8. The fourth-order valence-electron chi connectivity index (χ4n) is 3.58. The molecule has 0 saturated carbocycles. The zero-order valence-corrected chi connectivity index (χ0v) is 17.5. The van der Waals surface area contributed by atoms with Gasteiger partial charge in [-0.15, -0.1) is 0 Å². The Morgan fingerprint density at radius 1 is 1.31 bits per heavy atom. The van der Waals surface area contributed by atoms with E-state index in [1.54, 1.807) is 6.92 Å². The Hall–Kier alpha value is -2.88. The van der Waals surface area contributed by atoms with Gasteiger partial charge >= 0.3 is 0 Å². The minimum atomic E-state index is -0.313. The second kappa shape index (κ2) is 9.08. The number of halogens is 1. The Bertz CT molecular complexity index is 1020. The number of H-pyrrole nitrogens is 1. The standard InChI is InChI=1S/C22H24ClN5O/c1-15(12-19-21(25-3)16(2)20(23)22(29)26-19)14-27-8-10-28(11-9-27)18-6-4-17(13-24)5-7-18/h4-7,12H,3,8-11,14H2,1-2H3,(H,26,29)/b15-12+. The van der Waals surface area contributed by atoms with Gasteiger partial charge < -0.3 is 9.88 Å². The molecular weight excluding hydrogens is 386 g/mol. The van der Waals surface area contributed by atoms with Gasteiger partial charge in [0.25, 0.3) is 5.56 Å². The van der Waals surface area contributed by atoms with Gasteiger partial charge in [0.05, 0.1) is 23.0 Å². The molecule has 3 rings (SSSR count). The SMILES string of the molecule is C=Nc1c(/C=C(\C)CN2CCN(c3ccc(C#N)cc3)CC2)[nH]c(=O)c(Cl)c1C. The normalized spacial score (nSPS) is 15.2. The van der Waals surface area contributed by atoms with Crippen LogP contribution in [0.15, 0.2) is 39.6 Å². The molecule has 7 heteroatoms. The number of nitriles is 1. The lowest BCUT2D eigenvalue weighted by Gasteiger charge is -2.36. The number of aromatic amines is 1. The largest absolute Gasteiger partial charge is 0.369 e. The van der Waals surface area contributed by atoms with E-state index in [1.165, 1.54) is 0 Å². The molecular formula is C22H24ClN5O. The maximum absolute atomic E-state index is 12.0. The maximum Gasteiger partial charge on any atom is 0.267 e. The van der Waals surface area contributed by atoms with Crippen LogP contribution in [0, 0.1) is 18.3 Å². The highest BCUT2D eigenvalue weighted by molar-refractivity contribution is 6.31. The van der Waals surface area contributed by atoms with E-state index in [1.807, 2.05) is 37.3 Å². The molecule has 2 aromatic rings. The van der Waals surface area contributed by atoms with Crippen LogP contribution in [0.3, 0.4) is 0 Å². The number of aromatic nitrogens is 1. The predicted octanol–water partition coefficient (Wildman–Crippen LogP) is 3.77. The quantitative estimate of drug-likeness (QED) is 0.763. The van der Waals surface area contributed by atoms with E-state index in [4.69, 9.17) is 16.9 Å². The van der Waals surface area contributed by atoms with Gasteiger partial charge in [0.2, 0.25) is 0 Å². The molecule has 1 aliphatic rings. The Labute approximate surface area is 175 Å². The average Bonchev–Trinajstić information content (AvgIpc) is 2.73. The summed E-state index contributed by atoms with van der Waals surface area (Å²) in [5.41, 5.74) is 4.52. The monoisotopic (exact) mass is 409 g/mol. The fraction of sp³-hybridized carbons (Fsp3) is 0.318. The van der Waals surface area contributed by atoms with Crippen molar-refractivity contribution < 1.29 is 0 Å². The molecule has 1 aliphatic heterocycles. The van der Waals surface area contributed by atoms with Crippen molar-refractivity contribution in [2.75, 3.05) is 37.6 Å². The van der Waals surface area contributed by atoms with Crippen molar-refractivity contribution in [2.45, 2.75) is 13.8 Å². The molecule has 29 heavy (non-hydrogen) atoms. The van der Waals surface area contributed by atoms with E-state index in [9.17, 15) is 4.79 Å². The van der Waals surface area contributed by atoms with Crippen molar-refractivity contribution >= 4 is 35.8 Å². The third kappa shape index (κ3) is 4.76. The first-order valence-corrected chi connectivity index (χ1v) is 9.84. The van der Waals surface area contributed by atoms with Crippen molar-refractivity contribution in [3.05, 3.63) is 62.0 Å². The summed E-state index contributed by atoms with van der Waals surface area (Å²) in [6.07, 6.45) is 1.95. The van der Waals surface area contributed by atoms with Crippen LogP contribution in [0.2, 0.25) is 5.02 Å². The molecule has 0 bridgehead atoms. The molecule has 1 aromatic carbocycles. The first-order valence-electron chi connectivity index (χ1n) is 9.46. The van der Waals surface area contributed by atoms with Crippen LogP contribution in [0.25, 0.3) is 6.08 Å². The Kier molecular flexibility index (Phi) is 6.53. The molecule has 0 spiro atoms. The van der Waals surface area contributed by atoms with Crippen molar-refractivity contribution in [1.29, 1.82) is 5.26 Å². The Balaban J connectivity index is 1.65. The van der Waals surface area contributed by atoms with Crippen LogP contribution in [0.5, 0.6) is 0 Å². The zero-order valence-electron chi connectivity index (χ0n) is 16.7. The highest BCUT2D eigenvalue weighted by Crippen LogP contribution is 2.27. The molecule has 1 aromatic heterocycles. The molecule has 2 heterocycles. The van der Waals surface area contributed by atoms with Crippen LogP contribution in [0.4, 0.5) is 11.4 Å².